The highest BCUT2D eigenvalue weighted by atomic mass is 32.2. The second-order valence-electron chi connectivity index (χ2n) is 6.11. The summed E-state index contributed by atoms with van der Waals surface area (Å²) in [6.07, 6.45) is -0.300. The third-order valence-electron chi connectivity index (χ3n) is 3.93. The van der Waals surface area contributed by atoms with Crippen molar-refractivity contribution in [1.82, 2.24) is 0 Å². The maximum absolute atomic E-state index is 12.9. The minimum absolute atomic E-state index is 0.00498. The highest BCUT2D eigenvalue weighted by Gasteiger charge is 2.43. The summed E-state index contributed by atoms with van der Waals surface area (Å²) in [7, 11) is -3.80. The molecule has 6 nitrogen and oxygen atoms in total. The fourth-order valence-electron chi connectivity index (χ4n) is 3.01. The number of hydrogen-bond acceptors (Lipinski definition) is 4. The molecule has 132 valence electrons. The molecule has 1 aliphatic heterocycles. The van der Waals surface area contributed by atoms with E-state index in [1.54, 1.807) is 42.5 Å². The average Bonchev–Trinajstić information content (AvgIpc) is 2.75. The number of carbonyl (C=O) groups is 1. The normalized spacial score (nSPS) is 18.2. The van der Waals surface area contributed by atoms with Crippen molar-refractivity contribution in [3.8, 4) is 5.75 Å². The van der Waals surface area contributed by atoms with Crippen molar-refractivity contribution in [2.75, 3.05) is 4.31 Å². The number of ether oxygens (including phenoxy) is 1. The summed E-state index contributed by atoms with van der Waals surface area (Å²) in [5.74, 6) is -0.427. The van der Waals surface area contributed by atoms with Crippen molar-refractivity contribution >= 4 is 21.7 Å². The van der Waals surface area contributed by atoms with E-state index in [1.807, 2.05) is 13.8 Å². The summed E-state index contributed by atoms with van der Waals surface area (Å²) in [4.78, 5) is 11.4. The fraction of sp³-hybridized carbons (Fsp3) is 0.278. The summed E-state index contributed by atoms with van der Waals surface area (Å²) in [5.41, 5.74) is 0.922. The summed E-state index contributed by atoms with van der Waals surface area (Å²) >= 11 is 0. The maximum atomic E-state index is 12.9. The Balaban J connectivity index is 2.05. The standard InChI is InChI=1S/C18H19NO5S/c1-12(2)24-14-9-7-13(8-10-14)19-16(11-18(20)21)15-5-3-4-6-17(15)25(19,22)23/h3-10,12,16H,11H2,1-2H3,(H,20,21). The highest BCUT2D eigenvalue weighted by molar-refractivity contribution is 7.93. The van der Waals surface area contributed by atoms with E-state index in [1.165, 1.54) is 10.4 Å². The first-order valence-electron chi connectivity index (χ1n) is 7.92. The van der Waals surface area contributed by atoms with Crippen LogP contribution in [0.5, 0.6) is 5.75 Å². The molecule has 1 unspecified atom stereocenters. The number of benzene rings is 2. The van der Waals surface area contributed by atoms with Gasteiger partial charge in [0.15, 0.2) is 0 Å². The number of anilines is 1. The highest BCUT2D eigenvalue weighted by Crippen LogP contribution is 2.44. The number of sulfonamides is 1. The molecule has 0 amide bonds. The largest absolute Gasteiger partial charge is 0.491 e. The van der Waals surface area contributed by atoms with E-state index >= 15 is 0 Å². The Morgan fingerprint density at radius 3 is 2.40 bits per heavy atom. The van der Waals surface area contributed by atoms with Gasteiger partial charge in [-0.2, -0.15) is 0 Å². The number of aliphatic carboxylic acids is 1. The smallest absolute Gasteiger partial charge is 0.305 e. The lowest BCUT2D eigenvalue weighted by Gasteiger charge is -2.25. The average molecular weight is 361 g/mol. The van der Waals surface area contributed by atoms with Gasteiger partial charge >= 0.3 is 5.97 Å². The van der Waals surface area contributed by atoms with Crippen LogP contribution in [0.25, 0.3) is 0 Å². The molecule has 2 aromatic rings. The van der Waals surface area contributed by atoms with Gasteiger partial charge in [-0.05, 0) is 49.7 Å². The number of rotatable bonds is 5. The Morgan fingerprint density at radius 1 is 1.16 bits per heavy atom. The molecule has 7 heteroatoms. The Kier molecular flexibility index (Phi) is 4.43. The van der Waals surface area contributed by atoms with Crippen LogP contribution in [-0.4, -0.2) is 25.6 Å². The lowest BCUT2D eigenvalue weighted by atomic mass is 10.0. The Hall–Kier alpha value is -2.54. The van der Waals surface area contributed by atoms with Gasteiger partial charge in [-0.15, -0.1) is 0 Å². The molecule has 1 N–H and O–H groups in total. The van der Waals surface area contributed by atoms with Gasteiger partial charge in [-0.1, -0.05) is 18.2 Å². The van der Waals surface area contributed by atoms with Gasteiger partial charge in [0.25, 0.3) is 10.0 Å². The lowest BCUT2D eigenvalue weighted by Crippen LogP contribution is -2.29. The molecule has 25 heavy (non-hydrogen) atoms. The zero-order chi connectivity index (χ0) is 18.2. The van der Waals surface area contributed by atoms with Crippen molar-refractivity contribution in [3.05, 3.63) is 54.1 Å². The van der Waals surface area contributed by atoms with Crippen LogP contribution in [0.1, 0.15) is 31.9 Å². The van der Waals surface area contributed by atoms with Gasteiger partial charge in [-0.3, -0.25) is 9.10 Å². The van der Waals surface area contributed by atoms with Crippen LogP contribution in [0, 0.1) is 0 Å². The van der Waals surface area contributed by atoms with Crippen LogP contribution in [0.3, 0.4) is 0 Å². The lowest BCUT2D eigenvalue weighted by molar-refractivity contribution is -0.137. The molecule has 2 aromatic carbocycles. The molecule has 0 radical (unpaired) electrons. The van der Waals surface area contributed by atoms with E-state index in [-0.39, 0.29) is 17.4 Å². The molecule has 1 aliphatic rings. The van der Waals surface area contributed by atoms with Gasteiger partial charge in [0.1, 0.15) is 5.75 Å². The first-order chi connectivity index (χ1) is 11.8. The van der Waals surface area contributed by atoms with Gasteiger partial charge in [0.2, 0.25) is 0 Å². The minimum atomic E-state index is -3.80. The monoisotopic (exact) mass is 361 g/mol. The third kappa shape index (κ3) is 3.19. The predicted molar refractivity (Wildman–Crippen MR) is 93.3 cm³/mol. The van der Waals surface area contributed by atoms with Gasteiger partial charge in [0.05, 0.1) is 29.1 Å². The minimum Gasteiger partial charge on any atom is -0.491 e. The van der Waals surface area contributed by atoms with Crippen molar-refractivity contribution in [3.63, 3.8) is 0 Å². The van der Waals surface area contributed by atoms with Crippen LogP contribution in [0.2, 0.25) is 0 Å². The van der Waals surface area contributed by atoms with E-state index in [9.17, 15) is 18.3 Å². The van der Waals surface area contributed by atoms with Crippen molar-refractivity contribution in [2.45, 2.75) is 37.3 Å². The summed E-state index contributed by atoms with van der Waals surface area (Å²) < 4.78 is 32.6. The molecule has 0 saturated heterocycles. The third-order valence-corrected chi connectivity index (χ3v) is 5.84. The maximum Gasteiger partial charge on any atom is 0.305 e. The quantitative estimate of drug-likeness (QED) is 0.884. The Bertz CT molecular complexity index is 890. The van der Waals surface area contributed by atoms with Crippen molar-refractivity contribution in [1.29, 1.82) is 0 Å². The van der Waals surface area contributed by atoms with Crippen molar-refractivity contribution in [2.24, 2.45) is 0 Å². The molecule has 1 atom stereocenters. The van der Waals surface area contributed by atoms with Crippen LogP contribution in [0.15, 0.2) is 53.4 Å². The topological polar surface area (TPSA) is 83.9 Å². The molecule has 0 saturated carbocycles. The Labute approximate surface area is 146 Å². The number of carboxylic acid groups (broad SMARTS) is 1. The molecule has 0 fully saturated rings. The zero-order valence-electron chi connectivity index (χ0n) is 13.9. The molecule has 0 aromatic heterocycles. The van der Waals surface area contributed by atoms with Gasteiger partial charge in [0, 0.05) is 0 Å². The summed E-state index contributed by atoms with van der Waals surface area (Å²) in [5, 5.41) is 9.24. The Morgan fingerprint density at radius 2 is 1.80 bits per heavy atom. The van der Waals surface area contributed by atoms with Gasteiger partial charge in [-0.25, -0.2) is 8.42 Å². The number of nitrogens with zero attached hydrogens (tertiary/aromatic N) is 1. The van der Waals surface area contributed by atoms with E-state index in [0.29, 0.717) is 17.0 Å². The second kappa shape index (κ2) is 6.40. The number of carboxylic acids is 1. The van der Waals surface area contributed by atoms with E-state index in [4.69, 9.17) is 4.74 Å². The summed E-state index contributed by atoms with van der Waals surface area (Å²) in [6.45, 7) is 3.80. The van der Waals surface area contributed by atoms with Gasteiger partial charge < -0.3 is 9.84 Å². The second-order valence-corrected chi connectivity index (χ2v) is 7.90. The van der Waals surface area contributed by atoms with E-state index in [0.717, 1.165) is 0 Å². The summed E-state index contributed by atoms with van der Waals surface area (Å²) in [6, 6.07) is 12.4. The molecular weight excluding hydrogens is 342 g/mol. The molecular formula is C18H19NO5S. The predicted octanol–water partition coefficient (Wildman–Crippen LogP) is 3.20. The molecule has 0 bridgehead atoms. The first kappa shape index (κ1) is 17.3. The van der Waals surface area contributed by atoms with E-state index in [2.05, 4.69) is 0 Å². The number of fused-ring (bicyclic) bond motifs is 1. The van der Waals surface area contributed by atoms with E-state index < -0.39 is 22.0 Å². The van der Waals surface area contributed by atoms with Crippen LogP contribution < -0.4 is 9.04 Å². The first-order valence-corrected chi connectivity index (χ1v) is 9.36. The number of hydrogen-bond donors (Lipinski definition) is 1. The fourth-order valence-corrected chi connectivity index (χ4v) is 4.90. The van der Waals surface area contributed by atoms with Crippen LogP contribution >= 0.6 is 0 Å². The zero-order valence-corrected chi connectivity index (χ0v) is 14.7. The van der Waals surface area contributed by atoms with Crippen LogP contribution in [-0.2, 0) is 14.8 Å². The van der Waals surface area contributed by atoms with Crippen LogP contribution in [0.4, 0.5) is 5.69 Å². The molecule has 1 heterocycles. The molecule has 3 rings (SSSR count). The molecule has 0 spiro atoms. The van der Waals surface area contributed by atoms with Crippen molar-refractivity contribution < 1.29 is 23.1 Å². The molecule has 0 aliphatic carbocycles. The SMILES string of the molecule is CC(C)Oc1ccc(N2C(CC(=O)O)c3ccccc3S2(=O)=O)cc1.